The van der Waals surface area contributed by atoms with Crippen molar-refractivity contribution >= 4 is 17.8 Å². The van der Waals surface area contributed by atoms with Gasteiger partial charge in [0.1, 0.15) is 23.0 Å². The molecule has 0 bridgehead atoms. The average molecular weight is 380 g/mol. The highest BCUT2D eigenvalue weighted by molar-refractivity contribution is 6.20. The summed E-state index contributed by atoms with van der Waals surface area (Å²) in [6.07, 6.45) is 2.55. The van der Waals surface area contributed by atoms with Crippen LogP contribution >= 0.6 is 0 Å². The lowest BCUT2D eigenvalue weighted by atomic mass is 10.1. The minimum absolute atomic E-state index is 0.274. The number of amides is 1. The SMILES string of the molecule is COc1cc(OC)cc(C2=N/C(=C/c3ccc4c(c3)OCCCO4)C(=O)N2)c1. The standard InChI is InChI=1S/C21H20N2O5/c1-25-15-10-14(11-16(12-15)26-2)20-22-17(21(24)23-20)8-13-4-5-18-19(9-13)28-7-3-6-27-18/h4-5,8-12H,3,6-7H2,1-2H3,(H,22,23,24)/b17-8+. The third-order valence-corrected chi connectivity index (χ3v) is 4.40. The van der Waals surface area contributed by atoms with Crippen LogP contribution in [0.25, 0.3) is 6.08 Å². The van der Waals surface area contributed by atoms with Gasteiger partial charge in [0, 0.05) is 18.1 Å². The number of ether oxygens (including phenoxy) is 4. The van der Waals surface area contributed by atoms with Crippen LogP contribution in [0.15, 0.2) is 47.1 Å². The second-order valence-electron chi connectivity index (χ2n) is 6.30. The van der Waals surface area contributed by atoms with Crippen molar-refractivity contribution in [3.63, 3.8) is 0 Å². The first-order valence-electron chi connectivity index (χ1n) is 8.91. The molecule has 0 fully saturated rings. The lowest BCUT2D eigenvalue weighted by Gasteiger charge is -2.08. The van der Waals surface area contributed by atoms with Crippen LogP contribution in [0.4, 0.5) is 0 Å². The summed E-state index contributed by atoms with van der Waals surface area (Å²) in [5.41, 5.74) is 1.82. The molecule has 2 aliphatic heterocycles. The Kier molecular flexibility index (Phi) is 4.89. The molecule has 1 amide bonds. The van der Waals surface area contributed by atoms with E-state index in [1.807, 2.05) is 18.2 Å². The molecule has 0 radical (unpaired) electrons. The first-order chi connectivity index (χ1) is 13.7. The fourth-order valence-electron chi connectivity index (χ4n) is 2.98. The van der Waals surface area contributed by atoms with Crippen molar-refractivity contribution in [2.75, 3.05) is 27.4 Å². The summed E-state index contributed by atoms with van der Waals surface area (Å²) >= 11 is 0. The topological polar surface area (TPSA) is 78.4 Å². The summed E-state index contributed by atoms with van der Waals surface area (Å²) in [5.74, 6) is 2.79. The van der Waals surface area contributed by atoms with Gasteiger partial charge in [-0.1, -0.05) is 6.07 Å². The Hall–Kier alpha value is -3.48. The Bertz CT molecular complexity index is 959. The van der Waals surface area contributed by atoms with Gasteiger partial charge < -0.3 is 24.3 Å². The molecule has 0 saturated carbocycles. The molecule has 7 nitrogen and oxygen atoms in total. The van der Waals surface area contributed by atoms with E-state index in [1.54, 1.807) is 38.5 Å². The Morgan fingerprint density at radius 3 is 2.43 bits per heavy atom. The Morgan fingerprint density at radius 2 is 1.71 bits per heavy atom. The summed E-state index contributed by atoms with van der Waals surface area (Å²) in [6, 6.07) is 10.9. The van der Waals surface area contributed by atoms with Crippen molar-refractivity contribution in [3.8, 4) is 23.0 Å². The number of fused-ring (bicyclic) bond motifs is 1. The lowest BCUT2D eigenvalue weighted by molar-refractivity contribution is -0.115. The maximum Gasteiger partial charge on any atom is 0.275 e. The van der Waals surface area contributed by atoms with Gasteiger partial charge in [0.05, 0.1) is 27.4 Å². The minimum atomic E-state index is -0.274. The molecule has 2 aromatic rings. The molecule has 1 N–H and O–H groups in total. The van der Waals surface area contributed by atoms with E-state index in [2.05, 4.69) is 10.3 Å². The van der Waals surface area contributed by atoms with Crippen molar-refractivity contribution in [2.24, 2.45) is 4.99 Å². The molecule has 144 valence electrons. The summed E-state index contributed by atoms with van der Waals surface area (Å²) in [5, 5.41) is 2.79. The highest BCUT2D eigenvalue weighted by Crippen LogP contribution is 2.31. The monoisotopic (exact) mass is 380 g/mol. The molecule has 2 aliphatic rings. The second kappa shape index (κ2) is 7.64. The van der Waals surface area contributed by atoms with Gasteiger partial charge in [-0.2, -0.15) is 0 Å². The highest BCUT2D eigenvalue weighted by atomic mass is 16.5. The third kappa shape index (κ3) is 3.64. The number of methoxy groups -OCH3 is 2. The summed E-state index contributed by atoms with van der Waals surface area (Å²) in [7, 11) is 3.14. The predicted molar refractivity (Wildman–Crippen MR) is 104 cm³/mol. The molecule has 2 heterocycles. The molecule has 2 aromatic carbocycles. The van der Waals surface area contributed by atoms with Crippen molar-refractivity contribution < 1.29 is 23.7 Å². The molecule has 0 aromatic heterocycles. The Balaban J connectivity index is 1.65. The van der Waals surface area contributed by atoms with E-state index in [0.717, 1.165) is 12.0 Å². The number of rotatable bonds is 4. The van der Waals surface area contributed by atoms with Crippen LogP contribution in [0.5, 0.6) is 23.0 Å². The number of hydrogen-bond acceptors (Lipinski definition) is 6. The van der Waals surface area contributed by atoms with Crippen molar-refractivity contribution in [3.05, 3.63) is 53.2 Å². The quantitative estimate of drug-likeness (QED) is 0.826. The lowest BCUT2D eigenvalue weighted by Crippen LogP contribution is -2.24. The average Bonchev–Trinajstić information content (AvgIpc) is 2.93. The van der Waals surface area contributed by atoms with Crippen LogP contribution in [-0.2, 0) is 4.79 Å². The number of hydrogen-bond donors (Lipinski definition) is 1. The zero-order chi connectivity index (χ0) is 19.5. The molecule has 0 aliphatic carbocycles. The number of amidine groups is 1. The molecule has 28 heavy (non-hydrogen) atoms. The molecular formula is C21H20N2O5. The maximum atomic E-state index is 12.4. The third-order valence-electron chi connectivity index (χ3n) is 4.40. The van der Waals surface area contributed by atoms with Gasteiger partial charge in [-0.05, 0) is 35.9 Å². The number of benzene rings is 2. The van der Waals surface area contributed by atoms with Gasteiger partial charge >= 0.3 is 0 Å². The Labute approximate surface area is 162 Å². The number of nitrogens with one attached hydrogen (secondary N) is 1. The molecule has 0 saturated heterocycles. The second-order valence-corrected chi connectivity index (χ2v) is 6.30. The van der Waals surface area contributed by atoms with Crippen LogP contribution < -0.4 is 24.3 Å². The fourth-order valence-corrected chi connectivity index (χ4v) is 2.98. The normalized spacial score (nSPS) is 17.0. The van der Waals surface area contributed by atoms with Crippen LogP contribution in [0.3, 0.4) is 0 Å². The van der Waals surface area contributed by atoms with E-state index in [-0.39, 0.29) is 5.91 Å². The summed E-state index contributed by atoms with van der Waals surface area (Å²) in [6.45, 7) is 1.24. The van der Waals surface area contributed by atoms with E-state index >= 15 is 0 Å². The first kappa shape index (κ1) is 17.9. The highest BCUT2D eigenvalue weighted by Gasteiger charge is 2.22. The molecular weight excluding hydrogens is 360 g/mol. The van der Waals surface area contributed by atoms with Crippen molar-refractivity contribution in [2.45, 2.75) is 6.42 Å². The number of nitrogens with zero attached hydrogens (tertiary/aromatic N) is 1. The predicted octanol–water partition coefficient (Wildman–Crippen LogP) is 2.78. The molecule has 4 rings (SSSR count). The van der Waals surface area contributed by atoms with Gasteiger partial charge in [-0.15, -0.1) is 0 Å². The molecule has 7 heteroatoms. The maximum absolute atomic E-state index is 12.4. The van der Waals surface area contributed by atoms with E-state index < -0.39 is 0 Å². The Morgan fingerprint density at radius 1 is 1.00 bits per heavy atom. The summed E-state index contributed by atoms with van der Waals surface area (Å²) in [4.78, 5) is 16.9. The molecule has 0 unspecified atom stereocenters. The number of aliphatic imine (C=N–C) groups is 1. The van der Waals surface area contributed by atoms with Gasteiger partial charge in [-0.3, -0.25) is 4.79 Å². The first-order valence-corrected chi connectivity index (χ1v) is 8.91. The van der Waals surface area contributed by atoms with Crippen molar-refractivity contribution in [1.29, 1.82) is 0 Å². The van der Waals surface area contributed by atoms with E-state index in [9.17, 15) is 4.79 Å². The van der Waals surface area contributed by atoms with Gasteiger partial charge in [-0.25, -0.2) is 4.99 Å². The van der Waals surface area contributed by atoms with E-state index in [4.69, 9.17) is 18.9 Å². The van der Waals surface area contributed by atoms with E-state index in [1.165, 1.54) is 0 Å². The van der Waals surface area contributed by atoms with Crippen molar-refractivity contribution in [1.82, 2.24) is 5.32 Å². The van der Waals surface area contributed by atoms with Crippen LogP contribution in [0.2, 0.25) is 0 Å². The minimum Gasteiger partial charge on any atom is -0.497 e. The van der Waals surface area contributed by atoms with Gasteiger partial charge in [0.25, 0.3) is 5.91 Å². The summed E-state index contributed by atoms with van der Waals surface area (Å²) < 4.78 is 21.9. The smallest absolute Gasteiger partial charge is 0.275 e. The van der Waals surface area contributed by atoms with Crippen LogP contribution in [0.1, 0.15) is 17.5 Å². The zero-order valence-corrected chi connectivity index (χ0v) is 15.7. The van der Waals surface area contributed by atoms with Crippen LogP contribution in [-0.4, -0.2) is 39.2 Å². The van der Waals surface area contributed by atoms with Gasteiger partial charge in [0.15, 0.2) is 11.5 Å². The van der Waals surface area contributed by atoms with Gasteiger partial charge in [0.2, 0.25) is 0 Å². The van der Waals surface area contributed by atoms with Crippen LogP contribution in [0, 0.1) is 0 Å². The molecule has 0 atom stereocenters. The largest absolute Gasteiger partial charge is 0.497 e. The molecule has 0 spiro atoms. The number of carbonyl (C=O) groups is 1. The fraction of sp³-hybridized carbons (Fsp3) is 0.238. The number of carbonyl (C=O) groups excluding carboxylic acids is 1. The zero-order valence-electron chi connectivity index (χ0n) is 15.7. The van der Waals surface area contributed by atoms with E-state index in [0.29, 0.717) is 53.3 Å².